The van der Waals surface area contributed by atoms with Gasteiger partial charge in [-0.1, -0.05) is 40.3 Å². The number of hydrogen-bond acceptors (Lipinski definition) is 2. The Morgan fingerprint density at radius 2 is 1.31 bits per heavy atom. The molecule has 0 amide bonds. The monoisotopic (exact) mass is 224 g/mol. The van der Waals surface area contributed by atoms with Crippen LogP contribution < -0.4 is 9.47 Å². The molecule has 1 aliphatic heterocycles. The first-order chi connectivity index (χ1) is 7.20. The van der Waals surface area contributed by atoms with Crippen LogP contribution in [0.1, 0.15) is 34.6 Å². The third-order valence-electron chi connectivity index (χ3n) is 1.65. The smallest absolute Gasteiger partial charge is 0.161 e. The van der Waals surface area contributed by atoms with Gasteiger partial charge in [0.25, 0.3) is 0 Å². The number of ether oxygens (including phenoxy) is 2. The van der Waals surface area contributed by atoms with Crippen LogP contribution >= 0.6 is 0 Å². The molecule has 0 spiro atoms. The van der Waals surface area contributed by atoms with E-state index in [0.29, 0.717) is 0 Å². The summed E-state index contributed by atoms with van der Waals surface area (Å²) in [4.78, 5) is 0. The molecule has 92 valence electrons. The van der Waals surface area contributed by atoms with E-state index >= 15 is 0 Å². The molecule has 2 heteroatoms. The molecular formula is C14H24O2. The second-order valence-electron chi connectivity index (χ2n) is 4.23. The van der Waals surface area contributed by atoms with E-state index in [1.54, 1.807) is 0 Å². The number of para-hydroxylation sites is 2. The molecule has 0 bridgehead atoms. The van der Waals surface area contributed by atoms with E-state index < -0.39 is 0 Å². The van der Waals surface area contributed by atoms with Crippen molar-refractivity contribution in [2.45, 2.75) is 34.6 Å². The molecule has 0 aliphatic carbocycles. The van der Waals surface area contributed by atoms with Crippen molar-refractivity contribution in [1.29, 1.82) is 0 Å². The van der Waals surface area contributed by atoms with Crippen LogP contribution in [0.2, 0.25) is 0 Å². The van der Waals surface area contributed by atoms with E-state index in [1.165, 1.54) is 0 Å². The largest absolute Gasteiger partial charge is 0.490 e. The first-order valence-corrected chi connectivity index (χ1v) is 5.54. The lowest BCUT2D eigenvalue weighted by Gasteiger charge is -2.04. The molecule has 1 aromatic rings. The molecule has 1 aromatic carbocycles. The SMILES string of the molecule is C.CC(C)C.c1ccc2c(c1)OCCCO2. The third kappa shape index (κ3) is 5.64. The Labute approximate surface area is 99.6 Å². The lowest BCUT2D eigenvalue weighted by atomic mass is 10.3. The lowest BCUT2D eigenvalue weighted by molar-refractivity contribution is 0.297. The second kappa shape index (κ2) is 8.03. The average molecular weight is 224 g/mol. The van der Waals surface area contributed by atoms with Crippen molar-refractivity contribution in [3.63, 3.8) is 0 Å². The van der Waals surface area contributed by atoms with Gasteiger partial charge in [-0.2, -0.15) is 0 Å². The molecular weight excluding hydrogens is 200 g/mol. The van der Waals surface area contributed by atoms with Crippen molar-refractivity contribution in [1.82, 2.24) is 0 Å². The maximum atomic E-state index is 5.42. The highest BCUT2D eigenvalue weighted by molar-refractivity contribution is 5.39. The molecule has 0 fully saturated rings. The average Bonchev–Trinajstić information content (AvgIpc) is 2.41. The van der Waals surface area contributed by atoms with Crippen LogP contribution in [0.5, 0.6) is 11.5 Å². The van der Waals surface area contributed by atoms with Crippen molar-refractivity contribution in [2.24, 2.45) is 5.92 Å². The molecule has 16 heavy (non-hydrogen) atoms. The molecule has 2 nitrogen and oxygen atoms in total. The maximum Gasteiger partial charge on any atom is 0.161 e. The summed E-state index contributed by atoms with van der Waals surface area (Å²) < 4.78 is 10.8. The summed E-state index contributed by atoms with van der Waals surface area (Å²) >= 11 is 0. The highest BCUT2D eigenvalue weighted by Crippen LogP contribution is 2.27. The number of fused-ring (bicyclic) bond motifs is 1. The first-order valence-electron chi connectivity index (χ1n) is 5.54. The summed E-state index contributed by atoms with van der Waals surface area (Å²) in [7, 11) is 0. The molecule has 0 unspecified atom stereocenters. The fraction of sp³-hybridized carbons (Fsp3) is 0.571. The lowest BCUT2D eigenvalue weighted by Crippen LogP contribution is -1.97. The molecule has 0 radical (unpaired) electrons. The molecule has 2 rings (SSSR count). The van der Waals surface area contributed by atoms with Crippen LogP contribution in [0.15, 0.2) is 24.3 Å². The van der Waals surface area contributed by atoms with Crippen molar-refractivity contribution in [3.05, 3.63) is 24.3 Å². The van der Waals surface area contributed by atoms with E-state index in [1.807, 2.05) is 24.3 Å². The number of hydrogen-bond donors (Lipinski definition) is 0. The van der Waals surface area contributed by atoms with Gasteiger partial charge in [0.05, 0.1) is 13.2 Å². The standard InChI is InChI=1S/C9H10O2.C4H10.CH4/c1-2-5-9-8(4-1)10-6-3-7-11-9;1-4(2)3;/h1-2,4-5H,3,6-7H2;4H,1-3H3;1H4. The predicted molar refractivity (Wildman–Crippen MR) is 69.3 cm³/mol. The van der Waals surface area contributed by atoms with E-state index in [9.17, 15) is 0 Å². The van der Waals surface area contributed by atoms with Gasteiger partial charge in [-0.25, -0.2) is 0 Å². The van der Waals surface area contributed by atoms with Crippen molar-refractivity contribution < 1.29 is 9.47 Å². The molecule has 0 saturated heterocycles. The van der Waals surface area contributed by atoms with Gasteiger partial charge in [0.15, 0.2) is 11.5 Å². The number of rotatable bonds is 0. The van der Waals surface area contributed by atoms with Gasteiger partial charge >= 0.3 is 0 Å². The zero-order valence-electron chi connectivity index (χ0n) is 9.82. The Morgan fingerprint density at radius 1 is 0.938 bits per heavy atom. The van der Waals surface area contributed by atoms with Crippen LogP contribution in [-0.2, 0) is 0 Å². The third-order valence-corrected chi connectivity index (χ3v) is 1.65. The van der Waals surface area contributed by atoms with Crippen LogP contribution in [-0.4, -0.2) is 13.2 Å². The number of benzene rings is 1. The van der Waals surface area contributed by atoms with Gasteiger partial charge in [0.2, 0.25) is 0 Å². The van der Waals surface area contributed by atoms with Crippen LogP contribution in [0.4, 0.5) is 0 Å². The Bertz CT molecular complexity index is 254. The topological polar surface area (TPSA) is 18.5 Å². The maximum absolute atomic E-state index is 5.42. The molecule has 0 N–H and O–H groups in total. The summed E-state index contributed by atoms with van der Waals surface area (Å²) in [5.74, 6) is 2.56. The van der Waals surface area contributed by atoms with Gasteiger partial charge in [0, 0.05) is 6.42 Å². The van der Waals surface area contributed by atoms with E-state index in [0.717, 1.165) is 37.1 Å². The Hall–Kier alpha value is -1.18. The van der Waals surface area contributed by atoms with Crippen molar-refractivity contribution in [2.75, 3.05) is 13.2 Å². The minimum atomic E-state index is 0. The van der Waals surface area contributed by atoms with Crippen LogP contribution in [0, 0.1) is 5.92 Å². The molecule has 1 heterocycles. The highest BCUT2D eigenvalue weighted by atomic mass is 16.5. The van der Waals surface area contributed by atoms with E-state index in [2.05, 4.69) is 20.8 Å². The molecule has 0 atom stereocenters. The van der Waals surface area contributed by atoms with Gasteiger partial charge in [0.1, 0.15) is 0 Å². The Kier molecular flexibility index (Phi) is 7.44. The summed E-state index contributed by atoms with van der Waals surface area (Å²) in [5.41, 5.74) is 0. The minimum absolute atomic E-state index is 0. The molecule has 1 aliphatic rings. The van der Waals surface area contributed by atoms with Gasteiger partial charge < -0.3 is 9.47 Å². The van der Waals surface area contributed by atoms with Gasteiger partial charge in [-0.3, -0.25) is 0 Å². The molecule has 0 saturated carbocycles. The fourth-order valence-electron chi connectivity index (χ4n) is 1.11. The van der Waals surface area contributed by atoms with Crippen molar-refractivity contribution in [3.8, 4) is 11.5 Å². The predicted octanol–water partition coefficient (Wildman–Crippen LogP) is 4.15. The molecule has 0 aromatic heterocycles. The second-order valence-corrected chi connectivity index (χ2v) is 4.23. The summed E-state index contributed by atoms with van der Waals surface area (Å²) in [6, 6.07) is 7.77. The summed E-state index contributed by atoms with van der Waals surface area (Å²) in [6.07, 6.45) is 0.967. The Balaban J connectivity index is 0.000000397. The quantitative estimate of drug-likeness (QED) is 0.659. The fourth-order valence-corrected chi connectivity index (χ4v) is 1.11. The first kappa shape index (κ1) is 14.8. The van der Waals surface area contributed by atoms with Crippen molar-refractivity contribution >= 4 is 0 Å². The normalized spacial score (nSPS) is 13.0. The van der Waals surface area contributed by atoms with Crippen LogP contribution in [0.3, 0.4) is 0 Å². The van der Waals surface area contributed by atoms with E-state index in [-0.39, 0.29) is 7.43 Å². The zero-order chi connectivity index (χ0) is 11.1. The zero-order valence-corrected chi connectivity index (χ0v) is 9.82. The Morgan fingerprint density at radius 3 is 1.69 bits per heavy atom. The highest BCUT2D eigenvalue weighted by Gasteiger charge is 2.06. The van der Waals surface area contributed by atoms with Gasteiger partial charge in [-0.15, -0.1) is 0 Å². The minimum Gasteiger partial charge on any atom is -0.490 e. The van der Waals surface area contributed by atoms with Crippen LogP contribution in [0.25, 0.3) is 0 Å². The summed E-state index contributed by atoms with van der Waals surface area (Å²) in [5, 5.41) is 0. The van der Waals surface area contributed by atoms with Gasteiger partial charge in [-0.05, 0) is 18.1 Å². The summed E-state index contributed by atoms with van der Waals surface area (Å²) in [6.45, 7) is 8.02. The van der Waals surface area contributed by atoms with E-state index in [4.69, 9.17) is 9.47 Å².